The van der Waals surface area contributed by atoms with Gasteiger partial charge in [-0.3, -0.25) is 4.79 Å². The Labute approximate surface area is 114 Å². The number of aromatic nitrogens is 1. The van der Waals surface area contributed by atoms with Crippen LogP contribution >= 0.6 is 0 Å². The molecule has 19 heavy (non-hydrogen) atoms. The van der Waals surface area contributed by atoms with Gasteiger partial charge in [-0.05, 0) is 55.8 Å². The smallest absolute Gasteiger partial charge is 0.206 e. The highest BCUT2D eigenvalue weighted by atomic mass is 16.1. The lowest BCUT2D eigenvalue weighted by Crippen LogP contribution is -2.51. The van der Waals surface area contributed by atoms with Crippen LogP contribution in [-0.2, 0) is 11.3 Å². The van der Waals surface area contributed by atoms with Gasteiger partial charge in [0.1, 0.15) is 0 Å². The molecule has 4 bridgehead atoms. The van der Waals surface area contributed by atoms with Gasteiger partial charge in [-0.25, -0.2) is 0 Å². The van der Waals surface area contributed by atoms with Crippen molar-refractivity contribution in [1.29, 1.82) is 0 Å². The van der Waals surface area contributed by atoms with Gasteiger partial charge in [-0.1, -0.05) is 6.07 Å². The molecule has 0 spiro atoms. The Morgan fingerprint density at radius 2 is 1.47 bits per heavy atom. The lowest BCUT2D eigenvalue weighted by Gasteiger charge is -2.53. The van der Waals surface area contributed by atoms with Crippen LogP contribution in [0.4, 0.5) is 0 Å². The number of Topliss-reactive ketones (excluding diaryl/α,β-unsaturated/α-hetero) is 1. The molecule has 100 valence electrons. The molecule has 1 aromatic heterocycles. The largest absolute Gasteiger partial charge is 0.292 e. The summed E-state index contributed by atoms with van der Waals surface area (Å²) >= 11 is 0. The molecule has 4 aliphatic carbocycles. The molecule has 0 saturated heterocycles. The molecule has 0 aliphatic heterocycles. The maximum absolute atomic E-state index is 12.7. The zero-order valence-corrected chi connectivity index (χ0v) is 11.4. The maximum atomic E-state index is 12.7. The van der Waals surface area contributed by atoms with E-state index in [0.29, 0.717) is 30.1 Å². The number of carbonyl (C=O) groups excluding carboxylic acids is 1. The third-order valence-electron chi connectivity index (χ3n) is 5.71. The highest BCUT2D eigenvalue weighted by Gasteiger charge is 2.50. The molecule has 2 nitrogen and oxygen atoms in total. The Kier molecular flexibility index (Phi) is 2.71. The van der Waals surface area contributed by atoms with Gasteiger partial charge in [-0.15, -0.1) is 0 Å². The van der Waals surface area contributed by atoms with Crippen molar-refractivity contribution < 1.29 is 9.36 Å². The molecular weight excluding hydrogens is 234 g/mol. The summed E-state index contributed by atoms with van der Waals surface area (Å²) in [6.07, 6.45) is 10.8. The molecule has 1 aromatic rings. The minimum absolute atomic E-state index is 0.375. The standard InChI is InChI=1S/C17H22NO/c19-16(11-18-4-2-1-3-5-18)17-14-7-12-6-13(9-14)10-15(17)8-12/h1-5,12-15,17H,6-11H2/q+1. The van der Waals surface area contributed by atoms with E-state index in [4.69, 9.17) is 0 Å². The lowest BCUT2D eigenvalue weighted by molar-refractivity contribution is -0.684. The fraction of sp³-hybridized carbons (Fsp3) is 0.647. The molecule has 0 amide bonds. The van der Waals surface area contributed by atoms with Crippen molar-refractivity contribution in [2.45, 2.75) is 38.6 Å². The van der Waals surface area contributed by atoms with E-state index in [0.717, 1.165) is 11.8 Å². The van der Waals surface area contributed by atoms with Gasteiger partial charge < -0.3 is 0 Å². The minimum Gasteiger partial charge on any atom is -0.292 e. The molecular formula is C17H22NO+. The summed E-state index contributed by atoms with van der Waals surface area (Å²) in [4.78, 5) is 12.7. The Balaban J connectivity index is 1.51. The van der Waals surface area contributed by atoms with E-state index in [-0.39, 0.29) is 0 Å². The number of hydrogen-bond acceptors (Lipinski definition) is 1. The third-order valence-corrected chi connectivity index (χ3v) is 5.71. The van der Waals surface area contributed by atoms with Crippen LogP contribution in [0.15, 0.2) is 30.6 Å². The van der Waals surface area contributed by atoms with Crippen LogP contribution in [-0.4, -0.2) is 5.78 Å². The molecule has 4 saturated carbocycles. The van der Waals surface area contributed by atoms with Crippen LogP contribution < -0.4 is 4.57 Å². The third kappa shape index (κ3) is 2.01. The van der Waals surface area contributed by atoms with E-state index in [2.05, 4.69) is 0 Å². The molecule has 5 rings (SSSR count). The Morgan fingerprint density at radius 3 is 2.05 bits per heavy atom. The van der Waals surface area contributed by atoms with Gasteiger partial charge in [-0.2, -0.15) is 4.57 Å². The van der Waals surface area contributed by atoms with Crippen LogP contribution in [0.1, 0.15) is 32.1 Å². The van der Waals surface area contributed by atoms with Crippen molar-refractivity contribution in [2.75, 3.05) is 0 Å². The second-order valence-corrected chi connectivity index (χ2v) is 6.97. The van der Waals surface area contributed by atoms with Crippen LogP contribution in [0.5, 0.6) is 0 Å². The van der Waals surface area contributed by atoms with Crippen molar-refractivity contribution in [1.82, 2.24) is 0 Å². The molecule has 4 fully saturated rings. The highest BCUT2D eigenvalue weighted by molar-refractivity contribution is 5.80. The van der Waals surface area contributed by atoms with E-state index >= 15 is 0 Å². The predicted molar refractivity (Wildman–Crippen MR) is 72.2 cm³/mol. The van der Waals surface area contributed by atoms with Crippen LogP contribution in [0.25, 0.3) is 0 Å². The van der Waals surface area contributed by atoms with Gasteiger partial charge in [0, 0.05) is 18.1 Å². The van der Waals surface area contributed by atoms with Gasteiger partial charge >= 0.3 is 0 Å². The second kappa shape index (κ2) is 4.43. The van der Waals surface area contributed by atoms with Crippen molar-refractivity contribution in [3.8, 4) is 0 Å². The maximum Gasteiger partial charge on any atom is 0.206 e. The fourth-order valence-electron chi connectivity index (χ4n) is 5.28. The monoisotopic (exact) mass is 256 g/mol. The molecule has 0 atom stereocenters. The van der Waals surface area contributed by atoms with E-state index < -0.39 is 0 Å². The van der Waals surface area contributed by atoms with Crippen molar-refractivity contribution in [2.24, 2.45) is 29.6 Å². The fourth-order valence-corrected chi connectivity index (χ4v) is 5.28. The average Bonchev–Trinajstić information content (AvgIpc) is 2.38. The average molecular weight is 256 g/mol. The Morgan fingerprint density at radius 1 is 0.895 bits per heavy atom. The number of rotatable bonds is 3. The first kappa shape index (κ1) is 11.6. The van der Waals surface area contributed by atoms with Crippen molar-refractivity contribution in [3.63, 3.8) is 0 Å². The molecule has 2 heteroatoms. The zero-order chi connectivity index (χ0) is 12.8. The van der Waals surface area contributed by atoms with E-state index in [1.165, 1.54) is 32.1 Å². The van der Waals surface area contributed by atoms with E-state index in [1.54, 1.807) is 0 Å². The predicted octanol–water partition coefficient (Wildman–Crippen LogP) is 2.62. The summed E-state index contributed by atoms with van der Waals surface area (Å²) in [5.74, 6) is 4.21. The molecule has 0 aromatic carbocycles. The van der Waals surface area contributed by atoms with Gasteiger partial charge in [0.05, 0.1) is 0 Å². The molecule has 1 heterocycles. The summed E-state index contributed by atoms with van der Waals surface area (Å²) in [6.45, 7) is 0.577. The Hall–Kier alpha value is -1.18. The van der Waals surface area contributed by atoms with Gasteiger partial charge in [0.2, 0.25) is 12.3 Å². The summed E-state index contributed by atoms with van der Waals surface area (Å²) in [5.41, 5.74) is 0. The summed E-state index contributed by atoms with van der Waals surface area (Å²) < 4.78 is 2.04. The highest BCUT2D eigenvalue weighted by Crippen LogP contribution is 2.56. The van der Waals surface area contributed by atoms with Crippen LogP contribution in [0, 0.1) is 29.6 Å². The van der Waals surface area contributed by atoms with Crippen molar-refractivity contribution in [3.05, 3.63) is 30.6 Å². The lowest BCUT2D eigenvalue weighted by atomic mass is 9.51. The molecule has 0 N–H and O–H groups in total. The molecule has 0 unspecified atom stereocenters. The molecule has 4 aliphatic rings. The summed E-state index contributed by atoms with van der Waals surface area (Å²) in [5, 5.41) is 0. The second-order valence-electron chi connectivity index (χ2n) is 6.97. The van der Waals surface area contributed by atoms with E-state index in [9.17, 15) is 4.79 Å². The number of ketones is 1. The Bertz CT molecular complexity index is 453. The molecule has 0 radical (unpaired) electrons. The normalized spacial score (nSPS) is 39.5. The van der Waals surface area contributed by atoms with Crippen molar-refractivity contribution >= 4 is 5.78 Å². The first-order valence-electron chi connectivity index (χ1n) is 7.76. The summed E-state index contributed by atoms with van der Waals surface area (Å²) in [6, 6.07) is 6.01. The van der Waals surface area contributed by atoms with Gasteiger partial charge in [0.25, 0.3) is 0 Å². The number of nitrogens with zero attached hydrogens (tertiary/aromatic N) is 1. The van der Waals surface area contributed by atoms with Crippen LogP contribution in [0.2, 0.25) is 0 Å². The first-order chi connectivity index (χ1) is 9.29. The van der Waals surface area contributed by atoms with Crippen LogP contribution in [0.3, 0.4) is 0 Å². The number of hydrogen-bond donors (Lipinski definition) is 0. The number of pyridine rings is 1. The quantitative estimate of drug-likeness (QED) is 0.762. The SMILES string of the molecule is O=C(C[n+]1ccccc1)C1C2CC3CC(C2)CC1C3. The topological polar surface area (TPSA) is 20.9 Å². The minimum atomic E-state index is 0.375. The van der Waals surface area contributed by atoms with E-state index in [1.807, 2.05) is 35.2 Å². The zero-order valence-electron chi connectivity index (χ0n) is 11.4. The summed E-state index contributed by atoms with van der Waals surface area (Å²) in [7, 11) is 0. The first-order valence-corrected chi connectivity index (χ1v) is 7.76. The van der Waals surface area contributed by atoms with Gasteiger partial charge in [0.15, 0.2) is 12.4 Å². The number of carbonyl (C=O) groups is 1.